The molecule has 0 aliphatic rings. The van der Waals surface area contributed by atoms with E-state index in [0.29, 0.717) is 6.54 Å². The summed E-state index contributed by atoms with van der Waals surface area (Å²) in [4.78, 5) is 12.9. The zero-order chi connectivity index (χ0) is 11.0. The van der Waals surface area contributed by atoms with Crippen LogP contribution in [0.3, 0.4) is 0 Å². The summed E-state index contributed by atoms with van der Waals surface area (Å²) < 4.78 is 0. The lowest BCUT2D eigenvalue weighted by Crippen LogP contribution is -2.36. The quantitative estimate of drug-likeness (QED) is 0.617. The van der Waals surface area contributed by atoms with Crippen LogP contribution < -0.4 is 5.32 Å². The summed E-state index contributed by atoms with van der Waals surface area (Å²) in [6.45, 7) is 2.92. The molecule has 0 spiro atoms. The number of carbonyl (C=O) groups excluding carboxylic acids is 1. The van der Waals surface area contributed by atoms with Crippen LogP contribution in [-0.2, 0) is 4.79 Å². The lowest BCUT2D eigenvalue weighted by Gasteiger charge is -2.16. The van der Waals surface area contributed by atoms with Crippen molar-refractivity contribution in [3.8, 4) is 18.4 Å². The van der Waals surface area contributed by atoms with Gasteiger partial charge in [-0.15, -0.1) is 6.42 Å². The van der Waals surface area contributed by atoms with E-state index in [9.17, 15) is 4.79 Å². The summed E-state index contributed by atoms with van der Waals surface area (Å²) >= 11 is 0. The third-order valence-electron chi connectivity index (χ3n) is 1.61. The molecule has 0 saturated heterocycles. The molecule has 0 aliphatic heterocycles. The Morgan fingerprint density at radius 1 is 1.71 bits per heavy atom. The zero-order valence-corrected chi connectivity index (χ0v) is 8.58. The fourth-order valence-electron chi connectivity index (χ4n) is 1.02. The molecule has 0 aromatic carbocycles. The van der Waals surface area contributed by atoms with Crippen LogP contribution in [0.25, 0.3) is 0 Å². The second kappa shape index (κ2) is 6.94. The number of nitriles is 1. The molecule has 0 aromatic heterocycles. The Labute approximate surface area is 84.9 Å². The van der Waals surface area contributed by atoms with Crippen LogP contribution in [-0.4, -0.2) is 37.5 Å². The van der Waals surface area contributed by atoms with Crippen LogP contribution in [0.1, 0.15) is 6.92 Å². The molecule has 0 fully saturated rings. The molecule has 1 amide bonds. The number of nitrogens with one attached hydrogen (secondary N) is 1. The maximum atomic E-state index is 11.2. The van der Waals surface area contributed by atoms with Gasteiger partial charge in [0.25, 0.3) is 0 Å². The topological polar surface area (TPSA) is 56.1 Å². The minimum atomic E-state index is -0.115. The molecule has 1 N–H and O–H groups in total. The summed E-state index contributed by atoms with van der Waals surface area (Å²) in [6, 6.07) is 2.11. The van der Waals surface area contributed by atoms with E-state index >= 15 is 0 Å². The van der Waals surface area contributed by atoms with E-state index in [1.54, 1.807) is 11.9 Å². The maximum Gasteiger partial charge on any atom is 0.234 e. The third-order valence-corrected chi connectivity index (χ3v) is 1.61. The molecule has 4 heteroatoms. The summed E-state index contributed by atoms with van der Waals surface area (Å²) in [7, 11) is 1.79. The normalized spacial score (nSPS) is 11.5. The van der Waals surface area contributed by atoms with Gasteiger partial charge in [0.15, 0.2) is 0 Å². The Hall–Kier alpha value is -1.52. The highest BCUT2D eigenvalue weighted by Gasteiger charge is 2.08. The molecule has 0 rings (SSSR count). The Kier molecular flexibility index (Phi) is 6.19. The largest absolute Gasteiger partial charge is 0.344 e. The second-order valence-corrected chi connectivity index (χ2v) is 3.21. The second-order valence-electron chi connectivity index (χ2n) is 3.21. The predicted octanol–water partition coefficient (Wildman–Crippen LogP) is -0.173. The van der Waals surface area contributed by atoms with Crippen molar-refractivity contribution in [1.29, 1.82) is 5.26 Å². The third kappa shape index (κ3) is 6.05. The fourth-order valence-corrected chi connectivity index (χ4v) is 1.02. The highest BCUT2D eigenvalue weighted by atomic mass is 16.1. The number of rotatable bonds is 5. The van der Waals surface area contributed by atoms with Crippen LogP contribution >= 0.6 is 0 Å². The van der Waals surface area contributed by atoms with E-state index < -0.39 is 0 Å². The molecule has 0 radical (unpaired) electrons. The van der Waals surface area contributed by atoms with Gasteiger partial charge >= 0.3 is 0 Å². The molecular formula is C10H15N3O. The van der Waals surface area contributed by atoms with Gasteiger partial charge in [-0.2, -0.15) is 5.26 Å². The van der Waals surface area contributed by atoms with Gasteiger partial charge < -0.3 is 5.32 Å². The average Bonchev–Trinajstić information content (AvgIpc) is 2.14. The molecule has 1 unspecified atom stereocenters. The lowest BCUT2D eigenvalue weighted by molar-refractivity contribution is -0.121. The number of amides is 1. The zero-order valence-electron chi connectivity index (χ0n) is 8.58. The minimum Gasteiger partial charge on any atom is -0.344 e. The van der Waals surface area contributed by atoms with Crippen molar-refractivity contribution in [3.05, 3.63) is 0 Å². The van der Waals surface area contributed by atoms with Crippen LogP contribution in [0.15, 0.2) is 0 Å². The molecule has 4 nitrogen and oxygen atoms in total. The Balaban J connectivity index is 3.73. The van der Waals surface area contributed by atoms with Gasteiger partial charge in [0.2, 0.25) is 5.91 Å². The molecule has 0 heterocycles. The first-order chi connectivity index (χ1) is 6.60. The minimum absolute atomic E-state index is 0.0690. The number of hydrogen-bond donors (Lipinski definition) is 1. The van der Waals surface area contributed by atoms with E-state index in [1.807, 2.05) is 6.92 Å². The van der Waals surface area contributed by atoms with Crippen molar-refractivity contribution >= 4 is 5.91 Å². The molecule has 0 aliphatic carbocycles. The van der Waals surface area contributed by atoms with Crippen molar-refractivity contribution in [2.45, 2.75) is 6.92 Å². The average molecular weight is 193 g/mol. The first kappa shape index (κ1) is 12.5. The van der Waals surface area contributed by atoms with Crippen molar-refractivity contribution in [2.75, 3.05) is 26.7 Å². The summed E-state index contributed by atoms with van der Waals surface area (Å²) in [5.41, 5.74) is 0. The van der Waals surface area contributed by atoms with Gasteiger partial charge in [0.05, 0.1) is 25.1 Å². The number of likely N-dealkylation sites (N-methyl/N-ethyl adjacent to an activating group) is 1. The van der Waals surface area contributed by atoms with Crippen molar-refractivity contribution in [3.63, 3.8) is 0 Å². The SMILES string of the molecule is C#CCNC(=O)CN(C)CC(C)C#N. The van der Waals surface area contributed by atoms with E-state index in [4.69, 9.17) is 11.7 Å². The molecule has 0 saturated carbocycles. The van der Waals surface area contributed by atoms with Crippen molar-refractivity contribution in [1.82, 2.24) is 10.2 Å². The molecule has 14 heavy (non-hydrogen) atoms. The van der Waals surface area contributed by atoms with Crippen molar-refractivity contribution < 1.29 is 4.79 Å². The molecule has 0 bridgehead atoms. The van der Waals surface area contributed by atoms with Gasteiger partial charge in [-0.1, -0.05) is 5.92 Å². The van der Waals surface area contributed by atoms with E-state index in [2.05, 4.69) is 17.3 Å². The predicted molar refractivity (Wildman–Crippen MR) is 54.1 cm³/mol. The van der Waals surface area contributed by atoms with E-state index in [1.165, 1.54) is 0 Å². The number of hydrogen-bond acceptors (Lipinski definition) is 3. The first-order valence-electron chi connectivity index (χ1n) is 4.38. The maximum absolute atomic E-state index is 11.2. The first-order valence-corrected chi connectivity index (χ1v) is 4.38. The van der Waals surface area contributed by atoms with Gasteiger partial charge in [-0.25, -0.2) is 0 Å². The van der Waals surface area contributed by atoms with Crippen molar-refractivity contribution in [2.24, 2.45) is 5.92 Å². The van der Waals surface area contributed by atoms with Gasteiger partial charge in [0, 0.05) is 6.54 Å². The lowest BCUT2D eigenvalue weighted by atomic mass is 10.2. The molecule has 1 atom stereocenters. The van der Waals surface area contributed by atoms with E-state index in [0.717, 1.165) is 0 Å². The fraction of sp³-hybridized carbons (Fsp3) is 0.600. The Bertz CT molecular complexity index is 262. The van der Waals surface area contributed by atoms with Gasteiger partial charge in [0.1, 0.15) is 0 Å². The monoisotopic (exact) mass is 193 g/mol. The summed E-state index contributed by atoms with van der Waals surface area (Å²) in [6.07, 6.45) is 4.99. The highest BCUT2D eigenvalue weighted by molar-refractivity contribution is 5.78. The smallest absolute Gasteiger partial charge is 0.234 e. The van der Waals surface area contributed by atoms with E-state index in [-0.39, 0.29) is 24.9 Å². The van der Waals surface area contributed by atoms with Crippen LogP contribution in [0.4, 0.5) is 0 Å². The number of carbonyl (C=O) groups is 1. The Morgan fingerprint density at radius 3 is 2.86 bits per heavy atom. The summed E-state index contributed by atoms with van der Waals surface area (Å²) in [5.74, 6) is 2.14. The van der Waals surface area contributed by atoms with Crippen LogP contribution in [0.5, 0.6) is 0 Å². The molecule has 0 aromatic rings. The molecule has 76 valence electrons. The van der Waals surface area contributed by atoms with Gasteiger partial charge in [-0.3, -0.25) is 9.69 Å². The van der Waals surface area contributed by atoms with Crippen LogP contribution in [0.2, 0.25) is 0 Å². The standard InChI is InChI=1S/C10H15N3O/c1-4-5-12-10(14)8-13(3)7-9(2)6-11/h1,9H,5,7-8H2,2-3H3,(H,12,14). The number of terminal acetylenes is 1. The highest BCUT2D eigenvalue weighted by Crippen LogP contribution is 1.94. The Morgan fingerprint density at radius 2 is 2.36 bits per heavy atom. The number of nitrogens with zero attached hydrogens (tertiary/aromatic N) is 2. The van der Waals surface area contributed by atoms with Crippen LogP contribution in [0, 0.1) is 29.6 Å². The summed E-state index contributed by atoms with van der Waals surface area (Å²) in [5, 5.41) is 11.1. The van der Waals surface area contributed by atoms with Gasteiger partial charge in [-0.05, 0) is 14.0 Å². The molecular weight excluding hydrogens is 178 g/mol.